The molecule has 0 amide bonds. The van der Waals surface area contributed by atoms with Gasteiger partial charge in [-0.05, 0) is 18.2 Å². The molecule has 1 N–H and O–H groups in total. The van der Waals surface area contributed by atoms with Crippen LogP contribution >= 0.6 is 0 Å². The van der Waals surface area contributed by atoms with Gasteiger partial charge in [0.25, 0.3) is 0 Å². The highest BCUT2D eigenvalue weighted by Crippen LogP contribution is 2.15. The zero-order valence-electron chi connectivity index (χ0n) is 9.10. The number of rotatable bonds is 1. The molecule has 0 saturated heterocycles. The van der Waals surface area contributed by atoms with Crippen molar-refractivity contribution in [1.29, 1.82) is 0 Å². The molecule has 1 atom stereocenters. The van der Waals surface area contributed by atoms with E-state index in [9.17, 15) is 9.50 Å². The molecule has 0 bridgehead atoms. The van der Waals surface area contributed by atoms with E-state index >= 15 is 0 Å². The summed E-state index contributed by atoms with van der Waals surface area (Å²) in [5.41, 5.74) is 0.999. The van der Waals surface area contributed by atoms with Crippen LogP contribution in [0.25, 0.3) is 0 Å². The topological polar surface area (TPSA) is 20.2 Å². The number of benzene rings is 2. The molecule has 0 saturated carbocycles. The van der Waals surface area contributed by atoms with Crippen molar-refractivity contribution in [3.63, 3.8) is 0 Å². The average molecular weight is 226 g/mol. The molecule has 0 fully saturated rings. The molecule has 0 aromatic heterocycles. The van der Waals surface area contributed by atoms with E-state index in [-0.39, 0.29) is 5.56 Å². The summed E-state index contributed by atoms with van der Waals surface area (Å²) in [5.74, 6) is 4.98. The lowest BCUT2D eigenvalue weighted by atomic mass is 10.1. The van der Waals surface area contributed by atoms with Crippen molar-refractivity contribution in [3.8, 4) is 11.8 Å². The van der Waals surface area contributed by atoms with Gasteiger partial charge < -0.3 is 5.11 Å². The van der Waals surface area contributed by atoms with Gasteiger partial charge >= 0.3 is 0 Å². The molecule has 0 aliphatic carbocycles. The number of aliphatic hydroxyl groups is 1. The molecule has 2 aromatic carbocycles. The first-order chi connectivity index (χ1) is 8.27. The fraction of sp³-hybridized carbons (Fsp3) is 0.0667. The summed E-state index contributed by atoms with van der Waals surface area (Å²) in [6, 6.07) is 15.4. The van der Waals surface area contributed by atoms with Crippen molar-refractivity contribution in [1.82, 2.24) is 0 Å². The molecule has 17 heavy (non-hydrogen) atoms. The van der Waals surface area contributed by atoms with Crippen LogP contribution in [0.5, 0.6) is 0 Å². The van der Waals surface area contributed by atoms with E-state index in [1.54, 1.807) is 12.1 Å². The Morgan fingerprint density at radius 1 is 0.941 bits per heavy atom. The van der Waals surface area contributed by atoms with Crippen LogP contribution in [0.15, 0.2) is 54.6 Å². The van der Waals surface area contributed by atoms with Crippen molar-refractivity contribution < 1.29 is 9.50 Å². The van der Waals surface area contributed by atoms with E-state index in [0.717, 1.165) is 5.56 Å². The van der Waals surface area contributed by atoms with Gasteiger partial charge in [-0.3, -0.25) is 0 Å². The smallest absolute Gasteiger partial charge is 0.143 e. The summed E-state index contributed by atoms with van der Waals surface area (Å²) >= 11 is 0. The molecule has 1 unspecified atom stereocenters. The minimum Gasteiger partial charge on any atom is -0.376 e. The van der Waals surface area contributed by atoms with Crippen LogP contribution in [-0.4, -0.2) is 5.11 Å². The van der Waals surface area contributed by atoms with Gasteiger partial charge in [0.05, 0.1) is 0 Å². The molecule has 2 aromatic rings. The van der Waals surface area contributed by atoms with Crippen LogP contribution in [0.3, 0.4) is 0 Å². The Kier molecular flexibility index (Phi) is 3.54. The SMILES string of the molecule is OC(C#Cc1ccccc1)c1ccccc1F. The Labute approximate surface area is 99.5 Å². The van der Waals surface area contributed by atoms with Gasteiger partial charge in [-0.25, -0.2) is 4.39 Å². The Morgan fingerprint density at radius 3 is 2.29 bits per heavy atom. The maximum Gasteiger partial charge on any atom is 0.143 e. The van der Waals surface area contributed by atoms with Crippen molar-refractivity contribution in [2.24, 2.45) is 0 Å². The van der Waals surface area contributed by atoms with Crippen LogP contribution in [0, 0.1) is 17.7 Å². The van der Waals surface area contributed by atoms with Crippen molar-refractivity contribution in [3.05, 3.63) is 71.5 Å². The second-order valence-electron chi connectivity index (χ2n) is 3.56. The fourth-order valence-electron chi connectivity index (χ4n) is 1.45. The maximum atomic E-state index is 13.3. The largest absolute Gasteiger partial charge is 0.376 e. The first-order valence-corrected chi connectivity index (χ1v) is 5.26. The first-order valence-electron chi connectivity index (χ1n) is 5.26. The Bertz CT molecular complexity index is 552. The third kappa shape index (κ3) is 2.93. The fourth-order valence-corrected chi connectivity index (χ4v) is 1.45. The maximum absolute atomic E-state index is 13.3. The van der Waals surface area contributed by atoms with Crippen LogP contribution in [0.4, 0.5) is 4.39 Å². The first kappa shape index (κ1) is 11.4. The van der Waals surface area contributed by atoms with E-state index in [1.807, 2.05) is 30.3 Å². The number of hydrogen-bond donors (Lipinski definition) is 1. The molecule has 0 aliphatic rings. The van der Waals surface area contributed by atoms with E-state index < -0.39 is 11.9 Å². The zero-order valence-corrected chi connectivity index (χ0v) is 9.10. The summed E-state index contributed by atoms with van der Waals surface area (Å²) in [4.78, 5) is 0. The molecule has 0 radical (unpaired) electrons. The monoisotopic (exact) mass is 226 g/mol. The molecular formula is C15H11FO. The Morgan fingerprint density at radius 2 is 1.59 bits per heavy atom. The van der Waals surface area contributed by atoms with Gasteiger partial charge in [0.15, 0.2) is 0 Å². The van der Waals surface area contributed by atoms with Crippen molar-refractivity contribution in [2.45, 2.75) is 6.10 Å². The molecule has 2 heteroatoms. The molecule has 0 heterocycles. The zero-order chi connectivity index (χ0) is 12.1. The predicted octanol–water partition coefficient (Wildman–Crippen LogP) is 2.91. The highest BCUT2D eigenvalue weighted by Gasteiger charge is 2.08. The molecule has 1 nitrogen and oxygen atoms in total. The van der Waals surface area contributed by atoms with E-state index in [4.69, 9.17) is 0 Å². The summed E-state index contributed by atoms with van der Waals surface area (Å²) < 4.78 is 13.3. The van der Waals surface area contributed by atoms with Crippen molar-refractivity contribution >= 4 is 0 Å². The van der Waals surface area contributed by atoms with Crippen LogP contribution < -0.4 is 0 Å². The minimum absolute atomic E-state index is 0.205. The summed E-state index contributed by atoms with van der Waals surface area (Å²) in [6.07, 6.45) is -1.10. The molecule has 0 spiro atoms. The Balaban J connectivity index is 2.21. The van der Waals surface area contributed by atoms with Gasteiger partial charge in [0.2, 0.25) is 0 Å². The predicted molar refractivity (Wildman–Crippen MR) is 64.7 cm³/mol. The van der Waals surface area contributed by atoms with Crippen LogP contribution in [-0.2, 0) is 0 Å². The molecule has 0 aliphatic heterocycles. The lowest BCUT2D eigenvalue weighted by Crippen LogP contribution is -1.97. The lowest BCUT2D eigenvalue weighted by Gasteiger charge is -2.04. The highest BCUT2D eigenvalue weighted by atomic mass is 19.1. The molecule has 84 valence electrons. The minimum atomic E-state index is -1.10. The normalized spacial score (nSPS) is 11.4. The van der Waals surface area contributed by atoms with Crippen LogP contribution in [0.2, 0.25) is 0 Å². The van der Waals surface area contributed by atoms with E-state index in [2.05, 4.69) is 11.8 Å². The van der Waals surface area contributed by atoms with Crippen LogP contribution in [0.1, 0.15) is 17.2 Å². The summed E-state index contributed by atoms with van der Waals surface area (Å²) in [6.45, 7) is 0. The Hall–Kier alpha value is -2.11. The van der Waals surface area contributed by atoms with E-state index in [1.165, 1.54) is 12.1 Å². The van der Waals surface area contributed by atoms with Gasteiger partial charge in [-0.2, -0.15) is 0 Å². The van der Waals surface area contributed by atoms with Gasteiger partial charge in [0, 0.05) is 11.1 Å². The van der Waals surface area contributed by atoms with Gasteiger partial charge in [-0.1, -0.05) is 48.2 Å². The standard InChI is InChI=1S/C15H11FO/c16-14-9-5-4-8-13(14)15(17)11-10-12-6-2-1-3-7-12/h1-9,15,17H. The van der Waals surface area contributed by atoms with Gasteiger partial charge in [-0.15, -0.1) is 0 Å². The highest BCUT2D eigenvalue weighted by molar-refractivity contribution is 5.36. The summed E-state index contributed by atoms with van der Waals surface area (Å²) in [7, 11) is 0. The van der Waals surface area contributed by atoms with E-state index in [0.29, 0.717) is 0 Å². The second-order valence-corrected chi connectivity index (χ2v) is 3.56. The third-order valence-electron chi connectivity index (χ3n) is 2.33. The third-order valence-corrected chi connectivity index (χ3v) is 2.33. The van der Waals surface area contributed by atoms with Crippen molar-refractivity contribution in [2.75, 3.05) is 0 Å². The number of hydrogen-bond acceptors (Lipinski definition) is 1. The lowest BCUT2D eigenvalue weighted by molar-refractivity contribution is 0.233. The van der Waals surface area contributed by atoms with Gasteiger partial charge in [0.1, 0.15) is 11.9 Å². The average Bonchev–Trinajstić information content (AvgIpc) is 2.38. The number of halogens is 1. The quantitative estimate of drug-likeness (QED) is 0.741. The number of aliphatic hydroxyl groups excluding tert-OH is 1. The molecule has 2 rings (SSSR count). The second kappa shape index (κ2) is 5.29. The summed E-state index contributed by atoms with van der Waals surface area (Å²) in [5, 5.41) is 9.75. The molecular weight excluding hydrogens is 215 g/mol.